The second-order valence-corrected chi connectivity index (χ2v) is 5.04. The Balaban J connectivity index is 2.07. The first-order valence-electron chi connectivity index (χ1n) is 6.46. The fourth-order valence-corrected chi connectivity index (χ4v) is 2.07. The van der Waals surface area contributed by atoms with Crippen LogP contribution in [-0.2, 0) is 6.54 Å². The van der Waals surface area contributed by atoms with Crippen LogP contribution in [0.2, 0.25) is 0 Å². The van der Waals surface area contributed by atoms with E-state index < -0.39 is 0 Å². The molecular weight excluding hydrogens is 271 g/mol. The standard InChI is InChI=1S/C14H15FN6/c1-20(2)8-12-18-13-7-11(17-14(16)21(13)19-12)9-3-5-10(15)6-4-9/h3-7H,8H2,1-2H3,(H2,16,17). The van der Waals surface area contributed by atoms with Crippen LogP contribution in [0.15, 0.2) is 30.3 Å². The van der Waals surface area contributed by atoms with Gasteiger partial charge in [0.1, 0.15) is 5.82 Å². The topological polar surface area (TPSA) is 72.3 Å². The molecule has 0 aliphatic rings. The number of anilines is 1. The number of hydrogen-bond acceptors (Lipinski definition) is 5. The zero-order valence-electron chi connectivity index (χ0n) is 11.8. The number of nitrogens with two attached hydrogens (primary N) is 1. The SMILES string of the molecule is CN(C)Cc1nc2cc(-c3ccc(F)cc3)nc(N)n2n1. The maximum atomic E-state index is 13.0. The second-order valence-electron chi connectivity index (χ2n) is 5.04. The summed E-state index contributed by atoms with van der Waals surface area (Å²) in [5.41, 5.74) is 7.98. The van der Waals surface area contributed by atoms with Gasteiger partial charge >= 0.3 is 0 Å². The van der Waals surface area contributed by atoms with E-state index in [9.17, 15) is 4.39 Å². The van der Waals surface area contributed by atoms with E-state index in [1.807, 2.05) is 19.0 Å². The molecule has 0 bridgehead atoms. The van der Waals surface area contributed by atoms with Gasteiger partial charge in [-0.1, -0.05) is 0 Å². The first-order chi connectivity index (χ1) is 10.0. The molecule has 0 saturated heterocycles. The molecule has 0 spiro atoms. The van der Waals surface area contributed by atoms with Gasteiger partial charge in [-0.2, -0.15) is 4.52 Å². The van der Waals surface area contributed by atoms with E-state index in [0.29, 0.717) is 23.7 Å². The largest absolute Gasteiger partial charge is 0.368 e. The van der Waals surface area contributed by atoms with Gasteiger partial charge in [-0.25, -0.2) is 14.4 Å². The lowest BCUT2D eigenvalue weighted by Gasteiger charge is -2.04. The summed E-state index contributed by atoms with van der Waals surface area (Å²) in [6.45, 7) is 0.618. The van der Waals surface area contributed by atoms with Gasteiger partial charge in [0, 0.05) is 11.6 Å². The minimum absolute atomic E-state index is 0.254. The molecule has 21 heavy (non-hydrogen) atoms. The van der Waals surface area contributed by atoms with Gasteiger partial charge in [-0.05, 0) is 38.4 Å². The first-order valence-corrected chi connectivity index (χ1v) is 6.46. The van der Waals surface area contributed by atoms with Gasteiger partial charge < -0.3 is 10.6 Å². The second kappa shape index (κ2) is 5.10. The van der Waals surface area contributed by atoms with Crippen molar-refractivity contribution < 1.29 is 4.39 Å². The Hall–Kier alpha value is -2.54. The number of nitrogen functional groups attached to an aromatic ring is 1. The third-order valence-corrected chi connectivity index (χ3v) is 2.99. The summed E-state index contributed by atoms with van der Waals surface area (Å²) in [6.07, 6.45) is 0. The molecule has 0 amide bonds. The van der Waals surface area contributed by atoms with Crippen molar-refractivity contribution in [2.24, 2.45) is 0 Å². The molecule has 2 N–H and O–H groups in total. The fraction of sp³-hybridized carbons (Fsp3) is 0.214. The monoisotopic (exact) mass is 286 g/mol. The lowest BCUT2D eigenvalue weighted by molar-refractivity contribution is 0.390. The Morgan fingerprint density at radius 3 is 2.57 bits per heavy atom. The van der Waals surface area contributed by atoms with Gasteiger partial charge in [-0.15, -0.1) is 5.10 Å². The molecule has 2 aromatic heterocycles. The molecule has 0 fully saturated rings. The normalized spacial score (nSPS) is 11.4. The Labute approximate surface area is 121 Å². The third-order valence-electron chi connectivity index (χ3n) is 2.99. The van der Waals surface area contributed by atoms with Crippen molar-refractivity contribution in [3.05, 3.63) is 42.0 Å². The van der Waals surface area contributed by atoms with Crippen LogP contribution in [0, 0.1) is 5.82 Å². The number of benzene rings is 1. The summed E-state index contributed by atoms with van der Waals surface area (Å²) in [7, 11) is 3.88. The number of halogens is 1. The summed E-state index contributed by atoms with van der Waals surface area (Å²) in [4.78, 5) is 10.7. The summed E-state index contributed by atoms with van der Waals surface area (Å²) < 4.78 is 14.5. The molecule has 2 heterocycles. The minimum Gasteiger partial charge on any atom is -0.368 e. The molecule has 3 rings (SSSR count). The van der Waals surface area contributed by atoms with E-state index in [1.54, 1.807) is 18.2 Å². The highest BCUT2D eigenvalue weighted by molar-refractivity contribution is 5.65. The van der Waals surface area contributed by atoms with Crippen molar-refractivity contribution >= 4 is 11.6 Å². The Morgan fingerprint density at radius 2 is 1.90 bits per heavy atom. The van der Waals surface area contributed by atoms with Crippen LogP contribution in [-0.4, -0.2) is 38.6 Å². The summed E-state index contributed by atoms with van der Waals surface area (Å²) >= 11 is 0. The van der Waals surface area contributed by atoms with Crippen LogP contribution >= 0.6 is 0 Å². The summed E-state index contributed by atoms with van der Waals surface area (Å²) in [6, 6.07) is 7.88. The predicted molar refractivity (Wildman–Crippen MR) is 78.0 cm³/mol. The molecule has 6 nitrogen and oxygen atoms in total. The van der Waals surface area contributed by atoms with Gasteiger partial charge in [0.15, 0.2) is 11.5 Å². The van der Waals surface area contributed by atoms with Gasteiger partial charge in [0.05, 0.1) is 12.2 Å². The lowest BCUT2D eigenvalue weighted by atomic mass is 10.1. The molecule has 0 aliphatic carbocycles. The van der Waals surface area contributed by atoms with E-state index >= 15 is 0 Å². The highest BCUT2D eigenvalue weighted by atomic mass is 19.1. The third kappa shape index (κ3) is 2.68. The zero-order valence-corrected chi connectivity index (χ0v) is 11.8. The summed E-state index contributed by atoms with van der Waals surface area (Å²) in [5, 5.41) is 4.32. The molecule has 0 atom stereocenters. The summed E-state index contributed by atoms with van der Waals surface area (Å²) in [5.74, 6) is 0.637. The molecule has 3 aromatic rings. The van der Waals surface area contributed by atoms with E-state index in [1.165, 1.54) is 16.6 Å². The Morgan fingerprint density at radius 1 is 1.19 bits per heavy atom. The van der Waals surface area contributed by atoms with Crippen LogP contribution in [0.5, 0.6) is 0 Å². The van der Waals surface area contributed by atoms with Crippen molar-refractivity contribution in [1.82, 2.24) is 24.5 Å². The van der Waals surface area contributed by atoms with Crippen molar-refractivity contribution in [2.45, 2.75) is 6.54 Å². The molecule has 108 valence electrons. The Bertz CT molecular complexity index is 778. The van der Waals surface area contributed by atoms with Crippen LogP contribution in [0.4, 0.5) is 10.3 Å². The van der Waals surface area contributed by atoms with Crippen molar-refractivity contribution in [1.29, 1.82) is 0 Å². The van der Waals surface area contributed by atoms with Crippen molar-refractivity contribution in [3.8, 4) is 11.3 Å². The van der Waals surface area contributed by atoms with Crippen LogP contribution < -0.4 is 5.73 Å². The smallest absolute Gasteiger partial charge is 0.223 e. The average molecular weight is 286 g/mol. The molecule has 7 heteroatoms. The first kappa shape index (κ1) is 13.4. The number of fused-ring (bicyclic) bond motifs is 1. The van der Waals surface area contributed by atoms with Crippen LogP contribution in [0.1, 0.15) is 5.82 Å². The van der Waals surface area contributed by atoms with Crippen LogP contribution in [0.3, 0.4) is 0 Å². The van der Waals surface area contributed by atoms with Gasteiger partial charge in [0.25, 0.3) is 0 Å². The lowest BCUT2D eigenvalue weighted by Crippen LogP contribution is -2.12. The van der Waals surface area contributed by atoms with E-state index in [0.717, 1.165) is 5.56 Å². The molecule has 0 unspecified atom stereocenters. The molecule has 1 aromatic carbocycles. The minimum atomic E-state index is -0.288. The molecular formula is C14H15FN6. The quantitative estimate of drug-likeness (QED) is 0.791. The predicted octanol–water partition coefficient (Wildman–Crippen LogP) is 1.57. The number of rotatable bonds is 3. The maximum Gasteiger partial charge on any atom is 0.223 e. The zero-order chi connectivity index (χ0) is 15.0. The van der Waals surface area contributed by atoms with Gasteiger partial charge in [0.2, 0.25) is 5.95 Å². The molecule has 0 aliphatic heterocycles. The number of hydrogen-bond donors (Lipinski definition) is 1. The average Bonchev–Trinajstić information content (AvgIpc) is 2.81. The number of aromatic nitrogens is 4. The van der Waals surface area contributed by atoms with Crippen LogP contribution in [0.25, 0.3) is 16.9 Å². The highest BCUT2D eigenvalue weighted by Crippen LogP contribution is 2.20. The van der Waals surface area contributed by atoms with E-state index in [-0.39, 0.29) is 11.8 Å². The Kier molecular flexibility index (Phi) is 3.26. The highest BCUT2D eigenvalue weighted by Gasteiger charge is 2.11. The fourth-order valence-electron chi connectivity index (χ4n) is 2.07. The molecule has 0 radical (unpaired) electrons. The van der Waals surface area contributed by atoms with Crippen molar-refractivity contribution in [2.75, 3.05) is 19.8 Å². The van der Waals surface area contributed by atoms with E-state index in [4.69, 9.17) is 5.73 Å². The number of nitrogens with zero attached hydrogens (tertiary/aromatic N) is 5. The van der Waals surface area contributed by atoms with Gasteiger partial charge in [-0.3, -0.25) is 0 Å². The van der Waals surface area contributed by atoms with Crippen molar-refractivity contribution in [3.63, 3.8) is 0 Å². The molecule has 0 saturated carbocycles. The maximum absolute atomic E-state index is 13.0. The van der Waals surface area contributed by atoms with E-state index in [2.05, 4.69) is 15.1 Å².